The molecule has 0 aliphatic heterocycles. The van der Waals surface area contributed by atoms with Crippen LogP contribution in [0.15, 0.2) is 60.8 Å². The van der Waals surface area contributed by atoms with E-state index in [1.807, 2.05) is 0 Å². The van der Waals surface area contributed by atoms with Gasteiger partial charge in [0, 0.05) is 6.42 Å². The highest BCUT2D eigenvalue weighted by Gasteiger charge is 2.24. The Kier molecular flexibility index (Phi) is 47.6. The molecule has 1 amide bonds. The number of aliphatic hydroxyl groups is 2. The summed E-state index contributed by atoms with van der Waals surface area (Å²) in [4.78, 5) is 26.1. The van der Waals surface area contributed by atoms with Crippen LogP contribution in [-0.2, 0) is 14.3 Å². The van der Waals surface area contributed by atoms with Crippen molar-refractivity contribution in [2.45, 2.75) is 277 Å². The first-order valence-electron chi connectivity index (χ1n) is 26.5. The largest absolute Gasteiger partial charge is 0.462 e. The minimum atomic E-state index is -0.804. The Morgan fingerprint density at radius 2 is 0.839 bits per heavy atom. The SMILES string of the molecule is CCCCC/C=C\C/C=C\C/C=C\C/C=C\CCCC(=O)OC(CCC/C=C\CCCCCCCC)CC(=O)NC(CO)C(O)CCCCCCCCCCCCCCCCC. The lowest BCUT2D eigenvalue weighted by Crippen LogP contribution is -2.46. The molecule has 0 saturated heterocycles. The van der Waals surface area contributed by atoms with Crippen LogP contribution < -0.4 is 5.32 Å². The lowest BCUT2D eigenvalue weighted by atomic mass is 10.0. The van der Waals surface area contributed by atoms with Gasteiger partial charge in [-0.25, -0.2) is 0 Å². The fraction of sp³-hybridized carbons (Fsp3) is 0.786. The van der Waals surface area contributed by atoms with Crippen molar-refractivity contribution in [1.29, 1.82) is 0 Å². The van der Waals surface area contributed by atoms with Crippen LogP contribution in [0.3, 0.4) is 0 Å². The molecule has 0 bridgehead atoms. The second-order valence-electron chi connectivity index (χ2n) is 17.9. The molecule has 0 fully saturated rings. The molecule has 0 aliphatic carbocycles. The first-order chi connectivity index (χ1) is 30.5. The number of allylic oxidation sites excluding steroid dienone is 10. The van der Waals surface area contributed by atoms with E-state index in [0.717, 1.165) is 64.2 Å². The highest BCUT2D eigenvalue weighted by Crippen LogP contribution is 2.17. The Labute approximate surface area is 384 Å². The second-order valence-corrected chi connectivity index (χ2v) is 17.9. The molecule has 3 atom stereocenters. The third-order valence-electron chi connectivity index (χ3n) is 11.8. The number of esters is 1. The topological polar surface area (TPSA) is 95.9 Å². The zero-order valence-electron chi connectivity index (χ0n) is 41.0. The smallest absolute Gasteiger partial charge is 0.306 e. The normalized spacial score (nSPS) is 13.7. The van der Waals surface area contributed by atoms with Crippen LogP contribution in [0.25, 0.3) is 0 Å². The van der Waals surface area contributed by atoms with Crippen molar-refractivity contribution >= 4 is 11.9 Å². The van der Waals surface area contributed by atoms with E-state index >= 15 is 0 Å². The van der Waals surface area contributed by atoms with Gasteiger partial charge >= 0.3 is 5.97 Å². The van der Waals surface area contributed by atoms with Crippen LogP contribution in [0.2, 0.25) is 0 Å². The maximum atomic E-state index is 13.2. The molecule has 0 spiro atoms. The van der Waals surface area contributed by atoms with Gasteiger partial charge in [0.25, 0.3) is 0 Å². The van der Waals surface area contributed by atoms with E-state index in [4.69, 9.17) is 4.74 Å². The van der Waals surface area contributed by atoms with Crippen molar-refractivity contribution in [1.82, 2.24) is 5.32 Å². The van der Waals surface area contributed by atoms with Gasteiger partial charge < -0.3 is 20.3 Å². The summed E-state index contributed by atoms with van der Waals surface area (Å²) in [5.74, 6) is -0.568. The zero-order valence-corrected chi connectivity index (χ0v) is 41.0. The maximum Gasteiger partial charge on any atom is 0.306 e. The minimum absolute atomic E-state index is 0.0343. The Morgan fingerprint density at radius 1 is 0.468 bits per heavy atom. The van der Waals surface area contributed by atoms with Crippen molar-refractivity contribution in [3.8, 4) is 0 Å². The van der Waals surface area contributed by atoms with Gasteiger partial charge in [0.2, 0.25) is 5.91 Å². The fourth-order valence-electron chi connectivity index (χ4n) is 7.78. The third-order valence-corrected chi connectivity index (χ3v) is 11.8. The fourth-order valence-corrected chi connectivity index (χ4v) is 7.78. The molecule has 0 radical (unpaired) electrons. The Bertz CT molecular complexity index is 1110. The predicted octanol–water partition coefficient (Wildman–Crippen LogP) is 16.0. The van der Waals surface area contributed by atoms with Gasteiger partial charge in [-0.05, 0) is 83.5 Å². The molecule has 62 heavy (non-hydrogen) atoms. The van der Waals surface area contributed by atoms with Crippen LogP contribution in [0.4, 0.5) is 0 Å². The summed E-state index contributed by atoms with van der Waals surface area (Å²) in [5.41, 5.74) is 0. The number of aliphatic hydroxyl groups excluding tert-OH is 2. The number of rotatable bonds is 47. The van der Waals surface area contributed by atoms with Gasteiger partial charge in [0.05, 0.1) is 25.2 Å². The molecule has 0 heterocycles. The first kappa shape index (κ1) is 59.6. The number of carbonyl (C=O) groups excluding carboxylic acids is 2. The van der Waals surface area contributed by atoms with E-state index in [-0.39, 0.29) is 24.9 Å². The summed E-state index contributed by atoms with van der Waals surface area (Å²) in [6, 6.07) is -0.721. The van der Waals surface area contributed by atoms with Gasteiger partial charge in [-0.2, -0.15) is 0 Å². The standard InChI is InChI=1S/C56H101NO5/c1-4-7-10-13-16-19-22-24-26-27-29-31-34-37-40-43-46-49-56(61)62-52(47-44-41-38-35-32-21-18-15-12-9-6-3)50-55(60)57-53(51-58)54(59)48-45-42-39-36-33-30-28-25-23-20-17-14-11-8-5-2/h16,19,24,26,29,31,35,37-38,40,52-54,58-59H,4-15,17-18,20-23,25,27-28,30,32-34,36,39,41-51H2,1-3H3,(H,57,60)/b19-16-,26-24-,31-29-,38-35-,40-37-. The van der Waals surface area contributed by atoms with Crippen molar-refractivity contribution in [3.63, 3.8) is 0 Å². The van der Waals surface area contributed by atoms with E-state index in [9.17, 15) is 19.8 Å². The van der Waals surface area contributed by atoms with E-state index < -0.39 is 18.2 Å². The van der Waals surface area contributed by atoms with E-state index in [1.54, 1.807) is 0 Å². The van der Waals surface area contributed by atoms with Gasteiger partial charge in [0.1, 0.15) is 6.10 Å². The number of nitrogens with one attached hydrogen (secondary N) is 1. The van der Waals surface area contributed by atoms with Gasteiger partial charge in [-0.15, -0.1) is 0 Å². The first-order valence-corrected chi connectivity index (χ1v) is 26.5. The van der Waals surface area contributed by atoms with Gasteiger partial charge in [0.15, 0.2) is 0 Å². The Balaban J connectivity index is 4.62. The molecular formula is C56H101NO5. The molecular weight excluding hydrogens is 767 g/mol. The van der Waals surface area contributed by atoms with Crippen LogP contribution in [0.5, 0.6) is 0 Å². The second kappa shape index (κ2) is 49.6. The highest BCUT2D eigenvalue weighted by molar-refractivity contribution is 5.77. The van der Waals surface area contributed by atoms with Crippen LogP contribution in [-0.4, -0.2) is 46.9 Å². The van der Waals surface area contributed by atoms with E-state index in [0.29, 0.717) is 25.7 Å². The summed E-state index contributed by atoms with van der Waals surface area (Å²) in [5, 5.41) is 23.8. The molecule has 360 valence electrons. The Hall–Kier alpha value is -2.44. The van der Waals surface area contributed by atoms with Crippen molar-refractivity contribution in [2.75, 3.05) is 6.61 Å². The number of unbranched alkanes of at least 4 members (excludes halogenated alkanes) is 25. The summed E-state index contributed by atoms with van der Waals surface area (Å²) in [7, 11) is 0. The van der Waals surface area contributed by atoms with Crippen LogP contribution in [0, 0.1) is 0 Å². The Morgan fingerprint density at radius 3 is 1.32 bits per heavy atom. The maximum absolute atomic E-state index is 13.2. The minimum Gasteiger partial charge on any atom is -0.462 e. The van der Waals surface area contributed by atoms with Gasteiger partial charge in [-0.3, -0.25) is 9.59 Å². The number of ether oxygens (including phenoxy) is 1. The molecule has 0 aliphatic rings. The molecule has 0 saturated carbocycles. The zero-order chi connectivity index (χ0) is 45.2. The highest BCUT2D eigenvalue weighted by atomic mass is 16.5. The van der Waals surface area contributed by atoms with Crippen LogP contribution in [0.1, 0.15) is 258 Å². The molecule has 0 aromatic carbocycles. The monoisotopic (exact) mass is 868 g/mol. The number of hydrogen-bond donors (Lipinski definition) is 3. The predicted molar refractivity (Wildman–Crippen MR) is 268 cm³/mol. The van der Waals surface area contributed by atoms with E-state index in [1.165, 1.54) is 141 Å². The lowest BCUT2D eigenvalue weighted by molar-refractivity contribution is -0.151. The molecule has 0 aromatic heterocycles. The molecule has 0 rings (SSSR count). The van der Waals surface area contributed by atoms with Crippen molar-refractivity contribution in [3.05, 3.63) is 60.8 Å². The number of hydrogen-bond acceptors (Lipinski definition) is 5. The average Bonchev–Trinajstić information content (AvgIpc) is 3.26. The van der Waals surface area contributed by atoms with Gasteiger partial charge in [-0.1, -0.05) is 223 Å². The quantitative estimate of drug-likeness (QED) is 0.0322. The number of carbonyl (C=O) groups is 2. The molecule has 0 aromatic rings. The third kappa shape index (κ3) is 44.2. The molecule has 6 heteroatoms. The van der Waals surface area contributed by atoms with Crippen LogP contribution >= 0.6 is 0 Å². The summed E-state index contributed by atoms with van der Waals surface area (Å²) < 4.78 is 5.88. The number of amides is 1. The summed E-state index contributed by atoms with van der Waals surface area (Å²) in [6.07, 6.45) is 61.4. The average molecular weight is 868 g/mol. The lowest BCUT2D eigenvalue weighted by Gasteiger charge is -2.24. The van der Waals surface area contributed by atoms with Crippen molar-refractivity contribution in [2.24, 2.45) is 0 Å². The van der Waals surface area contributed by atoms with Crippen molar-refractivity contribution < 1.29 is 24.5 Å². The molecule has 3 N–H and O–H groups in total. The summed E-state index contributed by atoms with van der Waals surface area (Å²) >= 11 is 0. The molecule has 6 nitrogen and oxygen atoms in total. The molecule has 3 unspecified atom stereocenters. The van der Waals surface area contributed by atoms with E-state index in [2.05, 4.69) is 86.8 Å². The summed E-state index contributed by atoms with van der Waals surface area (Å²) in [6.45, 7) is 6.43.